The first kappa shape index (κ1) is 22.9. The van der Waals surface area contributed by atoms with Crippen molar-refractivity contribution in [2.75, 3.05) is 13.1 Å². The molecule has 1 fully saturated rings. The summed E-state index contributed by atoms with van der Waals surface area (Å²) in [4.78, 5) is 43.7. The van der Waals surface area contributed by atoms with E-state index in [1.165, 1.54) is 4.90 Å². The molecule has 1 aliphatic heterocycles. The summed E-state index contributed by atoms with van der Waals surface area (Å²) < 4.78 is 5.38. The summed E-state index contributed by atoms with van der Waals surface area (Å²) in [7, 11) is 0. The van der Waals surface area contributed by atoms with Gasteiger partial charge in [0.25, 0.3) is 0 Å². The number of hydroxylamine groups is 2. The first-order valence-corrected chi connectivity index (χ1v) is 10.2. The van der Waals surface area contributed by atoms with Gasteiger partial charge >= 0.3 is 6.09 Å². The molecule has 0 spiro atoms. The lowest BCUT2D eigenvalue weighted by Crippen LogP contribution is -2.40. The van der Waals surface area contributed by atoms with Gasteiger partial charge in [0.05, 0.1) is 12.5 Å². The Labute approximate surface area is 172 Å². The zero-order valence-electron chi connectivity index (χ0n) is 17.8. The summed E-state index contributed by atoms with van der Waals surface area (Å²) in [6, 6.07) is 9.49. The van der Waals surface area contributed by atoms with Crippen LogP contribution in [0.2, 0.25) is 0 Å². The third-order valence-corrected chi connectivity index (χ3v) is 4.85. The molecule has 1 heterocycles. The SMILES string of the molecule is CCCCC1CN(C(=O)OC(C)(C)C)C(=O)C1CN(C=O)OCc1ccccc1. The van der Waals surface area contributed by atoms with Gasteiger partial charge in [0.1, 0.15) is 12.2 Å². The second-order valence-corrected chi connectivity index (χ2v) is 8.40. The van der Waals surface area contributed by atoms with Crippen molar-refractivity contribution in [3.05, 3.63) is 35.9 Å². The van der Waals surface area contributed by atoms with Gasteiger partial charge in [-0.05, 0) is 38.7 Å². The summed E-state index contributed by atoms with van der Waals surface area (Å²) in [6.07, 6.45) is 2.70. The zero-order chi connectivity index (χ0) is 21.4. The van der Waals surface area contributed by atoms with Crippen LogP contribution in [0, 0.1) is 11.8 Å². The first-order chi connectivity index (χ1) is 13.7. The second-order valence-electron chi connectivity index (χ2n) is 8.40. The van der Waals surface area contributed by atoms with Crippen molar-refractivity contribution >= 4 is 18.4 Å². The number of nitrogens with zero attached hydrogens (tertiary/aromatic N) is 2. The van der Waals surface area contributed by atoms with E-state index in [4.69, 9.17) is 9.57 Å². The van der Waals surface area contributed by atoms with E-state index < -0.39 is 17.6 Å². The molecule has 1 aromatic carbocycles. The van der Waals surface area contributed by atoms with Gasteiger partial charge < -0.3 is 4.74 Å². The monoisotopic (exact) mass is 404 g/mol. The number of carbonyl (C=O) groups excluding carboxylic acids is 3. The summed E-state index contributed by atoms with van der Waals surface area (Å²) >= 11 is 0. The predicted molar refractivity (Wildman–Crippen MR) is 108 cm³/mol. The van der Waals surface area contributed by atoms with E-state index in [2.05, 4.69) is 6.92 Å². The number of hydrogen-bond acceptors (Lipinski definition) is 5. The van der Waals surface area contributed by atoms with Gasteiger partial charge in [0.15, 0.2) is 0 Å². The maximum atomic E-state index is 13.0. The van der Waals surface area contributed by atoms with Gasteiger partial charge in [0, 0.05) is 6.54 Å². The van der Waals surface area contributed by atoms with Crippen LogP contribution in [0.4, 0.5) is 4.79 Å². The molecule has 0 radical (unpaired) electrons. The van der Waals surface area contributed by atoms with E-state index in [1.807, 2.05) is 30.3 Å². The number of unbranched alkanes of at least 4 members (excludes halogenated alkanes) is 1. The Kier molecular flexibility index (Phi) is 8.20. The maximum Gasteiger partial charge on any atom is 0.417 e. The van der Waals surface area contributed by atoms with E-state index in [-0.39, 0.29) is 25.0 Å². The minimum absolute atomic E-state index is 0.0299. The number of carbonyl (C=O) groups is 3. The van der Waals surface area contributed by atoms with Crippen LogP contribution < -0.4 is 0 Å². The standard InChI is InChI=1S/C22H32N2O5/c1-5-6-12-18-13-24(21(27)29-22(2,3)4)20(26)19(18)14-23(16-25)28-15-17-10-8-7-9-11-17/h7-11,16,18-19H,5-6,12-15H2,1-4H3. The molecule has 1 aliphatic rings. The van der Waals surface area contributed by atoms with Crippen LogP contribution in [0.5, 0.6) is 0 Å². The molecular formula is C22H32N2O5. The van der Waals surface area contributed by atoms with Gasteiger partial charge in [-0.2, -0.15) is 0 Å². The zero-order valence-corrected chi connectivity index (χ0v) is 17.8. The number of rotatable bonds is 9. The number of hydrogen-bond donors (Lipinski definition) is 0. The first-order valence-electron chi connectivity index (χ1n) is 10.2. The fraction of sp³-hybridized carbons (Fsp3) is 0.591. The van der Waals surface area contributed by atoms with Crippen LogP contribution in [-0.2, 0) is 25.8 Å². The van der Waals surface area contributed by atoms with Crippen LogP contribution in [0.1, 0.15) is 52.5 Å². The van der Waals surface area contributed by atoms with Crippen molar-refractivity contribution in [3.8, 4) is 0 Å². The molecule has 0 bridgehead atoms. The quantitative estimate of drug-likeness (QED) is 0.462. The lowest BCUT2D eigenvalue weighted by atomic mass is 9.90. The average molecular weight is 405 g/mol. The van der Waals surface area contributed by atoms with E-state index >= 15 is 0 Å². The second kappa shape index (κ2) is 10.4. The van der Waals surface area contributed by atoms with E-state index in [0.29, 0.717) is 13.0 Å². The molecule has 2 unspecified atom stereocenters. The molecular weight excluding hydrogens is 372 g/mol. The Bertz CT molecular complexity index is 686. The van der Waals surface area contributed by atoms with Crippen molar-refractivity contribution in [3.63, 3.8) is 0 Å². The van der Waals surface area contributed by atoms with E-state index in [9.17, 15) is 14.4 Å². The van der Waals surface area contributed by atoms with Crippen molar-refractivity contribution in [1.29, 1.82) is 0 Å². The van der Waals surface area contributed by atoms with E-state index in [1.54, 1.807) is 20.8 Å². The van der Waals surface area contributed by atoms with Crippen LogP contribution >= 0.6 is 0 Å². The molecule has 2 atom stereocenters. The van der Waals surface area contributed by atoms with E-state index in [0.717, 1.165) is 29.9 Å². The molecule has 0 N–H and O–H groups in total. The van der Waals surface area contributed by atoms with Gasteiger partial charge in [0.2, 0.25) is 12.3 Å². The maximum absolute atomic E-state index is 13.0. The van der Waals surface area contributed by atoms with Gasteiger partial charge in [-0.1, -0.05) is 50.1 Å². The van der Waals surface area contributed by atoms with Crippen LogP contribution in [0.25, 0.3) is 0 Å². The Morgan fingerprint density at radius 3 is 2.55 bits per heavy atom. The molecule has 3 amide bonds. The Balaban J connectivity index is 2.05. The Morgan fingerprint density at radius 1 is 1.28 bits per heavy atom. The molecule has 7 nitrogen and oxygen atoms in total. The van der Waals surface area contributed by atoms with Gasteiger partial charge in [-0.15, -0.1) is 0 Å². The summed E-state index contributed by atoms with van der Waals surface area (Å²) in [5.74, 6) is -0.830. The van der Waals surface area contributed by atoms with Crippen LogP contribution in [0.3, 0.4) is 0 Å². The molecule has 2 rings (SSSR count). The Morgan fingerprint density at radius 2 is 1.97 bits per heavy atom. The lowest BCUT2D eigenvalue weighted by molar-refractivity contribution is -0.182. The fourth-order valence-electron chi connectivity index (χ4n) is 3.37. The number of ether oxygens (including phenoxy) is 1. The van der Waals surface area contributed by atoms with Crippen molar-refractivity contribution in [2.45, 2.75) is 59.2 Å². The highest BCUT2D eigenvalue weighted by atomic mass is 16.7. The predicted octanol–water partition coefficient (Wildman–Crippen LogP) is 3.78. The Hall–Kier alpha value is -2.41. The van der Waals surface area contributed by atoms with Crippen LogP contribution in [0.15, 0.2) is 30.3 Å². The highest BCUT2D eigenvalue weighted by molar-refractivity contribution is 5.95. The molecule has 0 aliphatic carbocycles. The molecule has 1 saturated heterocycles. The lowest BCUT2D eigenvalue weighted by Gasteiger charge is -2.24. The third kappa shape index (κ3) is 6.85. The number of likely N-dealkylation sites (tertiary alicyclic amines) is 1. The molecule has 0 saturated carbocycles. The molecule has 7 heteroatoms. The summed E-state index contributed by atoms with van der Waals surface area (Å²) in [5, 5.41) is 1.16. The van der Waals surface area contributed by atoms with Crippen LogP contribution in [-0.4, -0.2) is 47.1 Å². The molecule has 160 valence electrons. The van der Waals surface area contributed by atoms with Gasteiger partial charge in [-0.25, -0.2) is 14.8 Å². The topological polar surface area (TPSA) is 76.2 Å². The van der Waals surface area contributed by atoms with Crippen molar-refractivity contribution in [2.24, 2.45) is 11.8 Å². The summed E-state index contributed by atoms with van der Waals surface area (Å²) in [5.41, 5.74) is 0.247. The highest BCUT2D eigenvalue weighted by Crippen LogP contribution is 2.31. The van der Waals surface area contributed by atoms with Crippen molar-refractivity contribution in [1.82, 2.24) is 9.96 Å². The fourth-order valence-corrected chi connectivity index (χ4v) is 3.37. The average Bonchev–Trinajstić information content (AvgIpc) is 2.98. The highest BCUT2D eigenvalue weighted by Gasteiger charge is 2.45. The van der Waals surface area contributed by atoms with Crippen molar-refractivity contribution < 1.29 is 24.0 Å². The smallest absolute Gasteiger partial charge is 0.417 e. The minimum atomic E-state index is -0.679. The largest absolute Gasteiger partial charge is 0.443 e. The minimum Gasteiger partial charge on any atom is -0.443 e. The molecule has 0 aromatic heterocycles. The third-order valence-electron chi connectivity index (χ3n) is 4.85. The number of amides is 3. The molecule has 29 heavy (non-hydrogen) atoms. The molecule has 1 aromatic rings. The number of benzene rings is 1. The summed E-state index contributed by atoms with van der Waals surface area (Å²) in [6.45, 7) is 8.04. The number of imide groups is 1. The van der Waals surface area contributed by atoms with Gasteiger partial charge in [-0.3, -0.25) is 14.4 Å². The normalized spacial score (nSPS) is 19.3.